The molecule has 1 saturated carbocycles. The quantitative estimate of drug-likeness (QED) is 0.241. The molecule has 0 bridgehead atoms. The van der Waals surface area contributed by atoms with Gasteiger partial charge in [-0.15, -0.1) is 0 Å². The van der Waals surface area contributed by atoms with Crippen molar-refractivity contribution in [2.24, 2.45) is 0 Å². The lowest BCUT2D eigenvalue weighted by atomic mass is 9.73. The second-order valence-corrected chi connectivity index (χ2v) is 9.96. The van der Waals surface area contributed by atoms with Crippen LogP contribution in [0.5, 0.6) is 0 Å². The van der Waals surface area contributed by atoms with Crippen LogP contribution in [0, 0.1) is 0 Å². The zero-order valence-corrected chi connectivity index (χ0v) is 20.4. The molecule has 10 nitrogen and oxygen atoms in total. The fraction of sp³-hybridized carbons (Fsp3) is 0.739. The first-order chi connectivity index (χ1) is 16.2. The van der Waals surface area contributed by atoms with E-state index < -0.39 is 66.7 Å². The monoisotopic (exact) mass is 501 g/mol. The fourth-order valence-electron chi connectivity index (χ4n) is 5.65. The lowest BCUT2D eigenvalue weighted by Crippen LogP contribution is -2.82. The maximum Gasteiger partial charge on any atom is 0.192 e. The molecule has 4 rings (SSSR count). The van der Waals surface area contributed by atoms with E-state index in [1.54, 1.807) is 20.2 Å². The van der Waals surface area contributed by atoms with Crippen LogP contribution in [0.2, 0.25) is 5.02 Å². The van der Waals surface area contributed by atoms with Gasteiger partial charge in [0.05, 0.1) is 30.9 Å². The summed E-state index contributed by atoms with van der Waals surface area (Å²) in [5.74, 6) is 0. The number of aliphatic hydroxyl groups excluding tert-OH is 3. The summed E-state index contributed by atoms with van der Waals surface area (Å²) in [6.45, 7) is 1.69. The van der Waals surface area contributed by atoms with E-state index in [9.17, 15) is 20.4 Å². The Morgan fingerprint density at radius 1 is 1.06 bits per heavy atom. The van der Waals surface area contributed by atoms with Gasteiger partial charge in [0.1, 0.15) is 23.9 Å². The van der Waals surface area contributed by atoms with Gasteiger partial charge in [0.25, 0.3) is 0 Å². The third-order valence-electron chi connectivity index (χ3n) is 7.49. The van der Waals surface area contributed by atoms with Crippen LogP contribution < -0.4 is 16.0 Å². The first-order valence-electron chi connectivity index (χ1n) is 11.7. The molecule has 34 heavy (non-hydrogen) atoms. The van der Waals surface area contributed by atoms with Crippen molar-refractivity contribution in [2.45, 2.75) is 80.0 Å². The van der Waals surface area contributed by atoms with Crippen molar-refractivity contribution in [3.05, 3.63) is 34.9 Å². The topological polar surface area (TPSA) is 145 Å². The highest BCUT2D eigenvalue weighted by Gasteiger charge is 2.68. The summed E-state index contributed by atoms with van der Waals surface area (Å²) in [7, 11) is 3.32. The molecule has 0 radical (unpaired) electrons. The number of likely N-dealkylation sites (N-methyl/N-ethyl adjacent to an activating group) is 2. The van der Waals surface area contributed by atoms with Gasteiger partial charge in [0, 0.05) is 24.5 Å². The third-order valence-corrected chi connectivity index (χ3v) is 7.86. The molecule has 2 saturated heterocycles. The average Bonchev–Trinajstić information content (AvgIpc) is 2.80. The van der Waals surface area contributed by atoms with E-state index in [0.717, 1.165) is 5.56 Å². The number of nitrogens with one attached hydrogen (secondary N) is 3. The van der Waals surface area contributed by atoms with Crippen LogP contribution in [0.25, 0.3) is 0 Å². The van der Waals surface area contributed by atoms with Crippen LogP contribution in [0.3, 0.4) is 0 Å². The SMILES string of the molecule is CNC1C(O)C(NC)C2OC3(CO)C(OC(C)CC3(O)CNCc3ccccc3Cl)OC2C1O. The molecule has 10 unspecified atom stereocenters. The Kier molecular flexibility index (Phi) is 7.88. The number of halogens is 1. The van der Waals surface area contributed by atoms with Crippen LogP contribution in [0.1, 0.15) is 18.9 Å². The maximum absolute atomic E-state index is 11.9. The normalized spacial score (nSPS) is 44.4. The van der Waals surface area contributed by atoms with Crippen molar-refractivity contribution in [2.75, 3.05) is 27.2 Å². The molecule has 0 aromatic heterocycles. The number of aliphatic hydroxyl groups is 4. The standard InChI is InChI=1S/C23H36ClN3O7/c1-12-8-22(31,10-27-9-13-6-4-5-7-14(13)24)23(11-28)21(32-12)33-20-18(30)15(25-2)17(29)16(26-3)19(20)34-23/h4-7,12,15-21,25-31H,8-11H2,1-3H3. The lowest BCUT2D eigenvalue weighted by Gasteiger charge is -2.62. The van der Waals surface area contributed by atoms with Gasteiger partial charge in [-0.1, -0.05) is 29.8 Å². The highest BCUT2D eigenvalue weighted by atomic mass is 35.5. The predicted molar refractivity (Wildman–Crippen MR) is 124 cm³/mol. The Hall–Kier alpha value is -0.890. The molecular weight excluding hydrogens is 466 g/mol. The van der Waals surface area contributed by atoms with E-state index in [0.29, 0.717) is 11.6 Å². The first-order valence-corrected chi connectivity index (χ1v) is 12.1. The van der Waals surface area contributed by atoms with E-state index in [1.807, 2.05) is 25.1 Å². The van der Waals surface area contributed by atoms with E-state index >= 15 is 0 Å². The summed E-state index contributed by atoms with van der Waals surface area (Å²) < 4.78 is 18.6. The molecule has 2 aliphatic heterocycles. The lowest BCUT2D eigenvalue weighted by molar-refractivity contribution is -0.430. The number of hydrogen-bond acceptors (Lipinski definition) is 10. The highest BCUT2D eigenvalue weighted by Crippen LogP contribution is 2.47. The summed E-state index contributed by atoms with van der Waals surface area (Å²) in [5.41, 5.74) is -2.35. The Balaban J connectivity index is 1.62. The van der Waals surface area contributed by atoms with Gasteiger partial charge in [0.15, 0.2) is 11.9 Å². The van der Waals surface area contributed by atoms with Crippen molar-refractivity contribution in [3.63, 3.8) is 0 Å². The molecule has 0 amide bonds. The van der Waals surface area contributed by atoms with Gasteiger partial charge in [-0.05, 0) is 32.6 Å². The van der Waals surface area contributed by atoms with Crippen LogP contribution in [-0.2, 0) is 20.8 Å². The largest absolute Gasteiger partial charge is 0.393 e. The molecule has 3 fully saturated rings. The van der Waals surface area contributed by atoms with Crippen LogP contribution in [0.15, 0.2) is 24.3 Å². The molecule has 1 aromatic rings. The molecular formula is C23H36ClN3O7. The molecule has 2 heterocycles. The average molecular weight is 502 g/mol. The Morgan fingerprint density at radius 2 is 1.76 bits per heavy atom. The second kappa shape index (κ2) is 10.2. The van der Waals surface area contributed by atoms with Crippen molar-refractivity contribution >= 4 is 11.6 Å². The summed E-state index contributed by atoms with van der Waals surface area (Å²) in [6.07, 6.45) is -5.16. The fourth-order valence-corrected chi connectivity index (χ4v) is 5.86. The van der Waals surface area contributed by atoms with Crippen molar-refractivity contribution < 1.29 is 34.6 Å². The van der Waals surface area contributed by atoms with Gasteiger partial charge in [-0.2, -0.15) is 0 Å². The third kappa shape index (κ3) is 4.29. The first kappa shape index (κ1) is 26.2. The molecule has 7 N–H and O–H groups in total. The van der Waals surface area contributed by atoms with Crippen molar-refractivity contribution in [3.8, 4) is 0 Å². The second-order valence-electron chi connectivity index (χ2n) is 9.55. The smallest absolute Gasteiger partial charge is 0.192 e. The molecule has 192 valence electrons. The van der Waals surface area contributed by atoms with E-state index in [-0.39, 0.29) is 13.0 Å². The highest BCUT2D eigenvalue weighted by molar-refractivity contribution is 6.31. The van der Waals surface area contributed by atoms with Gasteiger partial charge < -0.3 is 50.6 Å². The predicted octanol–water partition coefficient (Wildman–Crippen LogP) is -1.28. The minimum Gasteiger partial charge on any atom is -0.393 e. The van der Waals surface area contributed by atoms with Crippen molar-refractivity contribution in [1.29, 1.82) is 0 Å². The molecule has 11 heteroatoms. The van der Waals surface area contributed by atoms with Gasteiger partial charge >= 0.3 is 0 Å². The molecule has 0 spiro atoms. The van der Waals surface area contributed by atoms with Crippen molar-refractivity contribution in [1.82, 2.24) is 16.0 Å². The zero-order valence-electron chi connectivity index (χ0n) is 19.6. The van der Waals surface area contributed by atoms with Crippen LogP contribution >= 0.6 is 11.6 Å². The van der Waals surface area contributed by atoms with Crippen LogP contribution in [0.4, 0.5) is 0 Å². The van der Waals surface area contributed by atoms with Gasteiger partial charge in [-0.3, -0.25) is 0 Å². The minimum atomic E-state index is -1.64. The minimum absolute atomic E-state index is 0.0677. The van der Waals surface area contributed by atoms with Gasteiger partial charge in [-0.25, -0.2) is 0 Å². The van der Waals surface area contributed by atoms with E-state index in [1.165, 1.54) is 0 Å². The Labute approximate surface area is 204 Å². The summed E-state index contributed by atoms with van der Waals surface area (Å²) >= 11 is 6.26. The molecule has 1 aliphatic carbocycles. The number of hydrogen-bond donors (Lipinski definition) is 7. The summed E-state index contributed by atoms with van der Waals surface area (Å²) in [4.78, 5) is 0. The summed E-state index contributed by atoms with van der Waals surface area (Å²) in [6, 6.07) is 6.12. The number of ether oxygens (including phenoxy) is 3. The Bertz CT molecular complexity index is 853. The van der Waals surface area contributed by atoms with E-state index in [4.69, 9.17) is 25.8 Å². The number of rotatable bonds is 7. The number of fused-ring (bicyclic) bond motifs is 2. The zero-order chi connectivity index (χ0) is 24.7. The van der Waals surface area contributed by atoms with Gasteiger partial charge in [0.2, 0.25) is 0 Å². The number of benzene rings is 1. The molecule has 1 aromatic carbocycles. The van der Waals surface area contributed by atoms with E-state index in [2.05, 4.69) is 16.0 Å². The van der Waals surface area contributed by atoms with Crippen LogP contribution in [-0.4, -0.2) is 108 Å². The molecule has 10 atom stereocenters. The Morgan fingerprint density at radius 3 is 2.41 bits per heavy atom. The molecule has 3 aliphatic rings. The summed E-state index contributed by atoms with van der Waals surface area (Å²) in [5, 5.41) is 54.1. The maximum atomic E-state index is 11.9.